The van der Waals surface area contributed by atoms with Gasteiger partial charge >= 0.3 is 0 Å². The van der Waals surface area contributed by atoms with Gasteiger partial charge in [0.15, 0.2) is 5.13 Å². The smallest absolute Gasteiger partial charge is 0.260 e. The van der Waals surface area contributed by atoms with Gasteiger partial charge in [-0.25, -0.2) is 4.98 Å². The van der Waals surface area contributed by atoms with Crippen molar-refractivity contribution in [1.82, 2.24) is 4.98 Å². The lowest BCUT2D eigenvalue weighted by molar-refractivity contribution is 0.0917. The molecule has 1 amide bonds. The molecule has 2 heterocycles. The molecule has 4 rings (SSSR count). The van der Waals surface area contributed by atoms with E-state index >= 15 is 0 Å². The molecule has 5 heteroatoms. The molecular formula is C22H24N2O2S. The summed E-state index contributed by atoms with van der Waals surface area (Å²) < 4.78 is 6.93. The number of hydrogen-bond donors (Lipinski definition) is 0. The molecule has 1 aliphatic heterocycles. The van der Waals surface area contributed by atoms with Crippen molar-refractivity contribution in [1.29, 1.82) is 0 Å². The van der Waals surface area contributed by atoms with Gasteiger partial charge in [-0.3, -0.25) is 9.69 Å². The van der Waals surface area contributed by atoms with Crippen LogP contribution in [0, 0.1) is 6.92 Å². The Kier molecular flexibility index (Phi) is 5.23. The van der Waals surface area contributed by atoms with Crippen LogP contribution in [0.2, 0.25) is 0 Å². The van der Waals surface area contributed by atoms with Gasteiger partial charge in [-0.15, -0.1) is 0 Å². The number of ether oxygens (including phenoxy) is 1. The maximum atomic E-state index is 13.3. The minimum Gasteiger partial charge on any atom is -0.376 e. The fourth-order valence-electron chi connectivity index (χ4n) is 3.47. The van der Waals surface area contributed by atoms with Gasteiger partial charge in [-0.2, -0.15) is 0 Å². The van der Waals surface area contributed by atoms with Crippen LogP contribution in [0.4, 0.5) is 5.13 Å². The second-order valence-corrected chi connectivity index (χ2v) is 8.08. The van der Waals surface area contributed by atoms with Crippen molar-refractivity contribution < 1.29 is 9.53 Å². The van der Waals surface area contributed by atoms with Gasteiger partial charge in [0.2, 0.25) is 0 Å². The minimum atomic E-state index is -0.0102. The van der Waals surface area contributed by atoms with Crippen LogP contribution in [0.1, 0.15) is 41.3 Å². The van der Waals surface area contributed by atoms with Gasteiger partial charge in [0.1, 0.15) is 0 Å². The fourth-order valence-corrected chi connectivity index (χ4v) is 4.50. The Bertz CT molecular complexity index is 960. The van der Waals surface area contributed by atoms with Gasteiger partial charge in [0, 0.05) is 12.2 Å². The maximum Gasteiger partial charge on any atom is 0.260 e. The molecule has 1 unspecified atom stereocenters. The first-order valence-electron chi connectivity index (χ1n) is 9.53. The summed E-state index contributed by atoms with van der Waals surface area (Å²) in [6.07, 6.45) is 3.11. The van der Waals surface area contributed by atoms with Crippen LogP contribution in [-0.2, 0) is 11.2 Å². The Labute approximate surface area is 163 Å². The number of anilines is 1. The highest BCUT2D eigenvalue weighted by Gasteiger charge is 2.27. The lowest BCUT2D eigenvalue weighted by Crippen LogP contribution is -2.37. The molecule has 0 N–H and O–H groups in total. The topological polar surface area (TPSA) is 42.4 Å². The van der Waals surface area contributed by atoms with E-state index in [0.29, 0.717) is 12.1 Å². The summed E-state index contributed by atoms with van der Waals surface area (Å²) in [7, 11) is 0. The van der Waals surface area contributed by atoms with E-state index in [1.807, 2.05) is 31.2 Å². The predicted octanol–water partition coefficient (Wildman–Crippen LogP) is 4.99. The molecule has 3 aromatic rings. The summed E-state index contributed by atoms with van der Waals surface area (Å²) in [5, 5.41) is 0.750. The lowest BCUT2D eigenvalue weighted by Gasteiger charge is -2.23. The quantitative estimate of drug-likeness (QED) is 0.626. The minimum absolute atomic E-state index is 0.0102. The third-order valence-electron chi connectivity index (χ3n) is 5.00. The van der Waals surface area contributed by atoms with E-state index in [9.17, 15) is 4.79 Å². The fraction of sp³-hybridized carbons (Fsp3) is 0.364. The third kappa shape index (κ3) is 3.89. The van der Waals surface area contributed by atoms with Crippen molar-refractivity contribution in [3.05, 3.63) is 59.2 Å². The van der Waals surface area contributed by atoms with E-state index in [4.69, 9.17) is 9.72 Å². The van der Waals surface area contributed by atoms with Crippen molar-refractivity contribution in [2.24, 2.45) is 0 Å². The molecule has 0 bridgehead atoms. The molecule has 1 atom stereocenters. The number of rotatable bonds is 5. The molecule has 2 aromatic carbocycles. The summed E-state index contributed by atoms with van der Waals surface area (Å²) in [6.45, 7) is 5.48. The number of carbonyl (C=O) groups excluding carboxylic acids is 1. The zero-order chi connectivity index (χ0) is 18.8. The van der Waals surface area contributed by atoms with Crippen molar-refractivity contribution in [2.45, 2.75) is 39.2 Å². The number of thiazole rings is 1. The zero-order valence-corrected chi connectivity index (χ0v) is 16.6. The van der Waals surface area contributed by atoms with Crippen LogP contribution in [0.25, 0.3) is 10.2 Å². The zero-order valence-electron chi connectivity index (χ0n) is 15.8. The van der Waals surface area contributed by atoms with E-state index in [1.54, 1.807) is 16.2 Å². The number of aryl methyl sites for hydroxylation is 2. The first kappa shape index (κ1) is 18.1. The monoisotopic (exact) mass is 380 g/mol. The van der Waals surface area contributed by atoms with Gasteiger partial charge in [0.25, 0.3) is 5.91 Å². The first-order valence-corrected chi connectivity index (χ1v) is 10.4. The summed E-state index contributed by atoms with van der Waals surface area (Å²) in [4.78, 5) is 19.9. The van der Waals surface area contributed by atoms with E-state index in [-0.39, 0.29) is 12.0 Å². The highest BCUT2D eigenvalue weighted by atomic mass is 32.1. The van der Waals surface area contributed by atoms with Gasteiger partial charge in [0.05, 0.1) is 22.9 Å². The van der Waals surface area contributed by atoms with Gasteiger partial charge in [-0.05, 0) is 56.0 Å². The standard InChI is InChI=1S/C22H24N2O2S/c1-3-16-9-10-19-20(13-16)27-22(23-19)24(14-18-8-5-11-26-18)21(25)17-7-4-6-15(2)12-17/h4,6-7,9-10,12-13,18H,3,5,8,11,14H2,1-2H3. The Hall–Kier alpha value is -2.24. The number of benzene rings is 2. The molecule has 140 valence electrons. The van der Waals surface area contributed by atoms with Crippen molar-refractivity contribution >= 4 is 32.6 Å². The summed E-state index contributed by atoms with van der Waals surface area (Å²) >= 11 is 1.58. The molecular weight excluding hydrogens is 356 g/mol. The Morgan fingerprint density at radius 2 is 2.19 bits per heavy atom. The highest BCUT2D eigenvalue weighted by Crippen LogP contribution is 2.31. The van der Waals surface area contributed by atoms with Crippen molar-refractivity contribution in [3.8, 4) is 0 Å². The maximum absolute atomic E-state index is 13.3. The summed E-state index contributed by atoms with van der Waals surface area (Å²) in [6, 6.07) is 14.1. The second-order valence-electron chi connectivity index (χ2n) is 7.07. The molecule has 1 fully saturated rings. The molecule has 1 aromatic heterocycles. The van der Waals surface area contributed by atoms with E-state index in [1.165, 1.54) is 5.56 Å². The Balaban J connectivity index is 1.71. The number of fused-ring (bicyclic) bond motifs is 1. The summed E-state index contributed by atoms with van der Waals surface area (Å²) in [5.74, 6) is -0.0102. The highest BCUT2D eigenvalue weighted by molar-refractivity contribution is 7.22. The molecule has 0 aliphatic carbocycles. The lowest BCUT2D eigenvalue weighted by atomic mass is 10.1. The average molecular weight is 381 g/mol. The van der Waals surface area contributed by atoms with Crippen LogP contribution in [-0.4, -0.2) is 30.1 Å². The Morgan fingerprint density at radius 1 is 1.30 bits per heavy atom. The van der Waals surface area contributed by atoms with E-state index < -0.39 is 0 Å². The molecule has 1 aliphatic rings. The summed E-state index contributed by atoms with van der Waals surface area (Å²) in [5.41, 5.74) is 4.01. The van der Waals surface area contributed by atoms with E-state index in [2.05, 4.69) is 25.1 Å². The average Bonchev–Trinajstić information content (AvgIpc) is 3.34. The van der Waals surface area contributed by atoms with Crippen LogP contribution in [0.15, 0.2) is 42.5 Å². The number of nitrogens with zero attached hydrogens (tertiary/aromatic N) is 2. The van der Waals surface area contributed by atoms with Crippen LogP contribution in [0.3, 0.4) is 0 Å². The number of aromatic nitrogens is 1. The Morgan fingerprint density at radius 3 is 2.93 bits per heavy atom. The SMILES string of the molecule is CCc1ccc2nc(N(CC3CCCO3)C(=O)c3cccc(C)c3)sc2c1. The van der Waals surface area contributed by atoms with Crippen LogP contribution in [0.5, 0.6) is 0 Å². The molecule has 4 nitrogen and oxygen atoms in total. The largest absolute Gasteiger partial charge is 0.376 e. The molecule has 0 saturated carbocycles. The van der Waals surface area contributed by atoms with Crippen molar-refractivity contribution in [2.75, 3.05) is 18.1 Å². The van der Waals surface area contributed by atoms with Gasteiger partial charge < -0.3 is 4.74 Å². The first-order chi connectivity index (χ1) is 13.1. The molecule has 0 spiro atoms. The second kappa shape index (κ2) is 7.79. The van der Waals surface area contributed by atoms with Gasteiger partial charge in [-0.1, -0.05) is 42.0 Å². The van der Waals surface area contributed by atoms with Crippen LogP contribution < -0.4 is 4.90 Å². The van der Waals surface area contributed by atoms with Crippen molar-refractivity contribution in [3.63, 3.8) is 0 Å². The third-order valence-corrected chi connectivity index (χ3v) is 6.04. The number of amides is 1. The molecule has 27 heavy (non-hydrogen) atoms. The number of hydrogen-bond acceptors (Lipinski definition) is 4. The van der Waals surface area contributed by atoms with Crippen LogP contribution >= 0.6 is 11.3 Å². The number of carbonyl (C=O) groups is 1. The normalized spacial score (nSPS) is 16.7. The van der Waals surface area contributed by atoms with E-state index in [0.717, 1.165) is 46.8 Å². The molecule has 0 radical (unpaired) electrons. The predicted molar refractivity (Wildman–Crippen MR) is 111 cm³/mol. The molecule has 1 saturated heterocycles.